The number of nitriles is 1. The number of hydrogen-bond acceptors (Lipinski definition) is 4. The first-order chi connectivity index (χ1) is 9.57. The van der Waals surface area contributed by atoms with E-state index in [1.54, 1.807) is 19.9 Å². The van der Waals surface area contributed by atoms with Gasteiger partial charge in [0.15, 0.2) is 0 Å². The monoisotopic (exact) mass is 310 g/mol. The summed E-state index contributed by atoms with van der Waals surface area (Å²) in [5.74, 6) is 0.648. The maximum atomic E-state index is 11.4. The van der Waals surface area contributed by atoms with Crippen LogP contribution in [-0.4, -0.2) is 15.0 Å². The largest absolute Gasteiger partial charge is 0.493 e. The maximum absolute atomic E-state index is 11.4. The van der Waals surface area contributed by atoms with Crippen LogP contribution < -0.4 is 9.88 Å². The Balaban J connectivity index is 2.75. The molecule has 21 heavy (non-hydrogen) atoms. The summed E-state index contributed by atoms with van der Waals surface area (Å²) < 4.78 is 28.5. The first-order valence-electron chi connectivity index (χ1n) is 6.75. The van der Waals surface area contributed by atoms with Crippen LogP contribution in [0.2, 0.25) is 0 Å². The van der Waals surface area contributed by atoms with E-state index in [9.17, 15) is 8.42 Å². The van der Waals surface area contributed by atoms with Crippen LogP contribution in [-0.2, 0) is 10.0 Å². The summed E-state index contributed by atoms with van der Waals surface area (Å²) in [7, 11) is -3.71. The average Bonchev–Trinajstić information content (AvgIpc) is 2.36. The fourth-order valence-corrected chi connectivity index (χ4v) is 2.83. The molecule has 0 aliphatic rings. The molecule has 1 rings (SSSR count). The Hall–Kier alpha value is -1.58. The van der Waals surface area contributed by atoms with E-state index in [0.717, 1.165) is 18.4 Å². The van der Waals surface area contributed by atoms with Crippen LogP contribution in [0.4, 0.5) is 0 Å². The molecule has 0 heterocycles. The zero-order valence-electron chi connectivity index (χ0n) is 12.9. The summed E-state index contributed by atoms with van der Waals surface area (Å²) >= 11 is 0. The van der Waals surface area contributed by atoms with Crippen LogP contribution in [0.25, 0.3) is 0 Å². The summed E-state index contributed by atoms with van der Waals surface area (Å²) in [5.41, 5.74) is 0.936. The van der Waals surface area contributed by atoms with Gasteiger partial charge >= 0.3 is 0 Å². The number of aryl methyl sites for hydroxylation is 2. The number of benzene rings is 1. The van der Waals surface area contributed by atoms with E-state index in [2.05, 4.69) is 6.07 Å². The Kier molecular flexibility index (Phi) is 5.37. The predicted octanol–water partition coefficient (Wildman–Crippen LogP) is 2.66. The molecule has 0 saturated heterocycles. The summed E-state index contributed by atoms with van der Waals surface area (Å²) in [5, 5.41) is 14.1. The van der Waals surface area contributed by atoms with Crippen molar-refractivity contribution in [3.63, 3.8) is 0 Å². The fourth-order valence-electron chi connectivity index (χ4n) is 1.98. The number of sulfonamides is 1. The molecule has 1 aromatic rings. The van der Waals surface area contributed by atoms with Crippen molar-refractivity contribution >= 4 is 10.0 Å². The van der Waals surface area contributed by atoms with E-state index < -0.39 is 10.0 Å². The summed E-state index contributed by atoms with van der Waals surface area (Å²) in [6.07, 6.45) is 1.51. The van der Waals surface area contributed by atoms with Crippen LogP contribution in [0, 0.1) is 30.6 Å². The zero-order chi connectivity index (χ0) is 16.3. The van der Waals surface area contributed by atoms with Crippen LogP contribution in [0.15, 0.2) is 17.0 Å². The van der Waals surface area contributed by atoms with Crippen molar-refractivity contribution in [1.29, 1.82) is 5.26 Å². The highest BCUT2D eigenvalue weighted by molar-refractivity contribution is 7.89. The van der Waals surface area contributed by atoms with Gasteiger partial charge in [-0.1, -0.05) is 0 Å². The molecule has 1 aromatic carbocycles. The molecule has 0 saturated carbocycles. The highest BCUT2D eigenvalue weighted by Gasteiger charge is 2.17. The standard InChI is InChI=1S/C15H22N2O3S/c1-11-9-14(21(17,18)19)12(2)8-13(11)20-7-5-6-15(3,4)10-16/h8-9H,5-7H2,1-4H3,(H2,17,18,19). The van der Waals surface area contributed by atoms with Gasteiger partial charge < -0.3 is 4.74 Å². The lowest BCUT2D eigenvalue weighted by Crippen LogP contribution is -2.14. The molecule has 2 N–H and O–H groups in total. The van der Waals surface area contributed by atoms with Gasteiger partial charge in [0, 0.05) is 0 Å². The van der Waals surface area contributed by atoms with Gasteiger partial charge in [0.2, 0.25) is 10.0 Å². The molecule has 0 spiro atoms. The first kappa shape index (κ1) is 17.5. The second kappa shape index (κ2) is 6.46. The molecule has 0 amide bonds. The minimum atomic E-state index is -3.71. The van der Waals surface area contributed by atoms with Gasteiger partial charge in [0.1, 0.15) is 5.75 Å². The normalized spacial score (nSPS) is 12.0. The Labute approximate surface area is 126 Å². The van der Waals surface area contributed by atoms with Gasteiger partial charge in [0.05, 0.1) is 23.0 Å². The Bertz CT molecular complexity index is 658. The molecule has 0 fully saturated rings. The van der Waals surface area contributed by atoms with E-state index in [1.807, 2.05) is 13.8 Å². The average molecular weight is 310 g/mol. The van der Waals surface area contributed by atoms with Crippen LogP contribution in [0.3, 0.4) is 0 Å². The van der Waals surface area contributed by atoms with E-state index in [-0.39, 0.29) is 10.3 Å². The molecule has 0 aliphatic carbocycles. The van der Waals surface area contributed by atoms with Gasteiger partial charge in [-0.15, -0.1) is 0 Å². The predicted molar refractivity (Wildman–Crippen MR) is 81.4 cm³/mol. The highest BCUT2D eigenvalue weighted by Crippen LogP contribution is 2.26. The molecule has 116 valence electrons. The van der Waals surface area contributed by atoms with Crippen LogP contribution in [0.1, 0.15) is 37.8 Å². The van der Waals surface area contributed by atoms with Gasteiger partial charge in [-0.05, 0) is 63.8 Å². The summed E-state index contributed by atoms with van der Waals surface area (Å²) in [6, 6.07) is 5.46. The molecule has 6 heteroatoms. The van der Waals surface area contributed by atoms with Gasteiger partial charge in [0.25, 0.3) is 0 Å². The quantitative estimate of drug-likeness (QED) is 0.817. The van der Waals surface area contributed by atoms with Crippen molar-refractivity contribution in [1.82, 2.24) is 0 Å². The fraction of sp³-hybridized carbons (Fsp3) is 0.533. The zero-order valence-corrected chi connectivity index (χ0v) is 13.8. The van der Waals surface area contributed by atoms with Crippen molar-refractivity contribution in [2.75, 3.05) is 6.61 Å². The second-order valence-corrected chi connectivity index (χ2v) is 7.41. The van der Waals surface area contributed by atoms with Crippen LogP contribution >= 0.6 is 0 Å². The Morgan fingerprint density at radius 2 is 1.90 bits per heavy atom. The molecule has 0 unspecified atom stereocenters. The number of nitrogens with zero attached hydrogens (tertiary/aromatic N) is 1. The summed E-state index contributed by atoms with van der Waals surface area (Å²) in [6.45, 7) is 7.74. The Morgan fingerprint density at radius 3 is 2.43 bits per heavy atom. The molecule has 0 aliphatic heterocycles. The number of primary sulfonamides is 1. The smallest absolute Gasteiger partial charge is 0.238 e. The number of hydrogen-bond donors (Lipinski definition) is 1. The third-order valence-corrected chi connectivity index (χ3v) is 4.34. The molecular weight excluding hydrogens is 288 g/mol. The highest BCUT2D eigenvalue weighted by atomic mass is 32.2. The molecule has 0 bridgehead atoms. The van der Waals surface area contributed by atoms with E-state index in [4.69, 9.17) is 15.1 Å². The maximum Gasteiger partial charge on any atom is 0.238 e. The van der Waals surface area contributed by atoms with E-state index >= 15 is 0 Å². The van der Waals surface area contributed by atoms with Gasteiger partial charge in [-0.3, -0.25) is 0 Å². The van der Waals surface area contributed by atoms with E-state index in [1.165, 1.54) is 6.07 Å². The molecule has 0 radical (unpaired) electrons. The first-order valence-corrected chi connectivity index (χ1v) is 8.29. The molecule has 0 aromatic heterocycles. The molecule has 0 atom stereocenters. The second-order valence-electron chi connectivity index (χ2n) is 5.88. The number of ether oxygens (including phenoxy) is 1. The minimum Gasteiger partial charge on any atom is -0.493 e. The van der Waals surface area contributed by atoms with Gasteiger partial charge in [-0.25, -0.2) is 13.6 Å². The van der Waals surface area contributed by atoms with Crippen molar-refractivity contribution in [3.8, 4) is 11.8 Å². The number of nitrogens with two attached hydrogens (primary N) is 1. The third-order valence-electron chi connectivity index (χ3n) is 3.29. The molecule has 5 nitrogen and oxygen atoms in total. The minimum absolute atomic E-state index is 0.123. The van der Waals surface area contributed by atoms with Crippen molar-refractivity contribution in [3.05, 3.63) is 23.3 Å². The lowest BCUT2D eigenvalue weighted by Gasteiger charge is -2.16. The topological polar surface area (TPSA) is 93.2 Å². The van der Waals surface area contributed by atoms with E-state index in [0.29, 0.717) is 17.9 Å². The SMILES string of the molecule is Cc1cc(S(N)(=O)=O)c(C)cc1OCCCC(C)(C)C#N. The lowest BCUT2D eigenvalue weighted by atomic mass is 9.90. The van der Waals surface area contributed by atoms with Crippen molar-refractivity contribution < 1.29 is 13.2 Å². The van der Waals surface area contributed by atoms with Gasteiger partial charge in [-0.2, -0.15) is 5.26 Å². The van der Waals surface area contributed by atoms with Crippen molar-refractivity contribution in [2.45, 2.75) is 45.4 Å². The Morgan fingerprint density at radius 1 is 1.29 bits per heavy atom. The lowest BCUT2D eigenvalue weighted by molar-refractivity contribution is 0.282. The number of rotatable bonds is 6. The third kappa shape index (κ3) is 5.03. The summed E-state index contributed by atoms with van der Waals surface area (Å²) in [4.78, 5) is 0.123. The van der Waals surface area contributed by atoms with Crippen LogP contribution in [0.5, 0.6) is 5.75 Å². The molecular formula is C15H22N2O3S. The van der Waals surface area contributed by atoms with Crippen molar-refractivity contribution in [2.24, 2.45) is 10.6 Å².